The lowest BCUT2D eigenvalue weighted by atomic mass is 9.93. The van der Waals surface area contributed by atoms with E-state index >= 15 is 0 Å². The molecular weight excluding hydrogens is 475 g/mol. The predicted octanol–water partition coefficient (Wildman–Crippen LogP) is 5.32. The van der Waals surface area contributed by atoms with E-state index in [0.29, 0.717) is 23.5 Å². The van der Waals surface area contributed by atoms with Crippen molar-refractivity contribution in [3.63, 3.8) is 0 Å². The minimum absolute atomic E-state index is 0.302. The summed E-state index contributed by atoms with van der Waals surface area (Å²) < 4.78 is 17.3. The molecular formula is C26H31FN8S. The third kappa shape index (κ3) is 4.12. The third-order valence-corrected chi connectivity index (χ3v) is 8.80. The van der Waals surface area contributed by atoms with E-state index in [1.807, 2.05) is 19.2 Å². The first-order valence-electron chi connectivity index (χ1n) is 12.7. The summed E-state index contributed by atoms with van der Waals surface area (Å²) in [5.74, 6) is 1.55. The van der Waals surface area contributed by atoms with Gasteiger partial charge in [0.25, 0.3) is 0 Å². The molecule has 0 radical (unpaired) electrons. The van der Waals surface area contributed by atoms with Crippen molar-refractivity contribution in [3.05, 3.63) is 41.7 Å². The molecule has 0 amide bonds. The van der Waals surface area contributed by atoms with Crippen molar-refractivity contribution in [2.24, 2.45) is 0 Å². The number of rotatable bonds is 6. The smallest absolute Gasteiger partial charge is 0.229 e. The molecule has 5 heterocycles. The van der Waals surface area contributed by atoms with Crippen molar-refractivity contribution in [1.29, 1.82) is 0 Å². The fraction of sp³-hybridized carbons (Fsp3) is 0.462. The van der Waals surface area contributed by atoms with Crippen molar-refractivity contribution in [2.45, 2.75) is 46.1 Å². The fourth-order valence-corrected chi connectivity index (χ4v) is 6.48. The summed E-state index contributed by atoms with van der Waals surface area (Å²) in [6.45, 7) is 11.5. The number of anilines is 3. The van der Waals surface area contributed by atoms with Crippen LogP contribution >= 0.6 is 11.3 Å². The lowest BCUT2D eigenvalue weighted by molar-refractivity contribution is 0.271. The zero-order chi connectivity index (χ0) is 24.8. The Kier molecular flexibility index (Phi) is 6.08. The summed E-state index contributed by atoms with van der Waals surface area (Å²) >= 11 is 1.57. The number of pyridine rings is 1. The highest BCUT2D eigenvalue weighted by Gasteiger charge is 2.27. The molecule has 1 aliphatic carbocycles. The highest BCUT2D eigenvalue weighted by molar-refractivity contribution is 7.22. The van der Waals surface area contributed by atoms with Crippen LogP contribution in [0.2, 0.25) is 0 Å². The molecule has 0 spiro atoms. The maximum atomic E-state index is 14.9. The molecule has 4 aromatic rings. The maximum absolute atomic E-state index is 14.9. The largest absolute Gasteiger partial charge is 0.368 e. The monoisotopic (exact) mass is 506 g/mol. The number of thiophene rings is 1. The molecule has 4 aromatic heterocycles. The third-order valence-electron chi connectivity index (χ3n) is 7.51. The molecule has 1 saturated heterocycles. The Balaban J connectivity index is 1.24. The number of aryl methyl sites for hydroxylation is 2. The van der Waals surface area contributed by atoms with Crippen LogP contribution in [0.5, 0.6) is 0 Å². The second kappa shape index (κ2) is 9.40. The van der Waals surface area contributed by atoms with Crippen LogP contribution < -0.4 is 10.2 Å². The van der Waals surface area contributed by atoms with E-state index in [0.717, 1.165) is 65.0 Å². The SMILES string of the molecule is CCN1CCN(c2ccc(Nc3ncc(F)c(-c4sc5c(nc(C)n5C5CCC5)c4C)n3)nc2)CC1. The van der Waals surface area contributed by atoms with Gasteiger partial charge in [-0.2, -0.15) is 0 Å². The van der Waals surface area contributed by atoms with Gasteiger partial charge in [0.05, 0.1) is 23.0 Å². The number of nitrogens with one attached hydrogen (secondary N) is 1. The molecule has 0 atom stereocenters. The molecule has 6 rings (SSSR count). The molecule has 8 nitrogen and oxygen atoms in total. The van der Waals surface area contributed by atoms with Crippen LogP contribution in [0.4, 0.5) is 21.8 Å². The molecule has 10 heteroatoms. The normalized spacial score (nSPS) is 17.1. The van der Waals surface area contributed by atoms with Crippen LogP contribution in [0, 0.1) is 19.7 Å². The minimum Gasteiger partial charge on any atom is -0.368 e. The van der Waals surface area contributed by atoms with Crippen molar-refractivity contribution in [2.75, 3.05) is 42.9 Å². The zero-order valence-corrected chi connectivity index (χ0v) is 21.8. The van der Waals surface area contributed by atoms with E-state index in [4.69, 9.17) is 4.98 Å². The van der Waals surface area contributed by atoms with E-state index in [1.54, 1.807) is 11.3 Å². The molecule has 0 bridgehead atoms. The summed E-state index contributed by atoms with van der Waals surface area (Å²) in [7, 11) is 0. The highest BCUT2D eigenvalue weighted by atomic mass is 32.1. The van der Waals surface area contributed by atoms with Crippen LogP contribution in [0.3, 0.4) is 0 Å². The van der Waals surface area contributed by atoms with Gasteiger partial charge in [0.2, 0.25) is 5.95 Å². The Morgan fingerprint density at radius 3 is 2.53 bits per heavy atom. The maximum Gasteiger partial charge on any atom is 0.229 e. The molecule has 1 N–H and O–H groups in total. The Hall–Kier alpha value is -3.11. The summed E-state index contributed by atoms with van der Waals surface area (Å²) in [5.41, 5.74) is 3.32. The van der Waals surface area contributed by atoms with Gasteiger partial charge < -0.3 is 19.7 Å². The van der Waals surface area contributed by atoms with E-state index in [1.165, 1.54) is 25.5 Å². The van der Waals surface area contributed by atoms with Crippen molar-refractivity contribution < 1.29 is 4.39 Å². The zero-order valence-electron chi connectivity index (χ0n) is 21.0. The van der Waals surface area contributed by atoms with Crippen LogP contribution in [-0.4, -0.2) is 62.1 Å². The van der Waals surface area contributed by atoms with E-state index < -0.39 is 5.82 Å². The summed E-state index contributed by atoms with van der Waals surface area (Å²) in [6, 6.07) is 4.48. The van der Waals surface area contributed by atoms with E-state index in [2.05, 4.69) is 54.5 Å². The number of hydrogen-bond donors (Lipinski definition) is 1. The molecule has 1 saturated carbocycles. The molecule has 2 fully saturated rings. The number of nitrogens with zero attached hydrogens (tertiary/aromatic N) is 7. The van der Waals surface area contributed by atoms with Gasteiger partial charge in [-0.3, -0.25) is 0 Å². The average molecular weight is 507 g/mol. The van der Waals surface area contributed by atoms with E-state index in [-0.39, 0.29) is 0 Å². The summed E-state index contributed by atoms with van der Waals surface area (Å²) in [5, 5.41) is 3.15. The highest BCUT2D eigenvalue weighted by Crippen LogP contribution is 2.43. The number of halogens is 1. The second-order valence-electron chi connectivity index (χ2n) is 9.66. The fourth-order valence-electron chi connectivity index (χ4n) is 5.12. The molecule has 0 unspecified atom stereocenters. The number of piperazine rings is 1. The molecule has 0 aromatic carbocycles. The van der Waals surface area contributed by atoms with Gasteiger partial charge in [-0.15, -0.1) is 11.3 Å². The number of likely N-dealkylation sites (N-methyl/N-ethyl adjacent to an activating group) is 1. The number of hydrogen-bond acceptors (Lipinski definition) is 8. The minimum atomic E-state index is -0.436. The van der Waals surface area contributed by atoms with Gasteiger partial charge in [-0.05, 0) is 57.4 Å². The molecule has 1 aliphatic heterocycles. The van der Waals surface area contributed by atoms with Gasteiger partial charge in [-0.1, -0.05) is 6.92 Å². The Morgan fingerprint density at radius 2 is 1.86 bits per heavy atom. The first-order chi connectivity index (χ1) is 17.5. The van der Waals surface area contributed by atoms with Crippen LogP contribution in [0.15, 0.2) is 24.5 Å². The first kappa shape index (κ1) is 23.3. The van der Waals surface area contributed by atoms with Crippen molar-refractivity contribution >= 4 is 39.1 Å². The average Bonchev–Trinajstić information content (AvgIpc) is 3.35. The summed E-state index contributed by atoms with van der Waals surface area (Å²) in [4.78, 5) is 24.8. The van der Waals surface area contributed by atoms with Crippen LogP contribution in [-0.2, 0) is 0 Å². The molecule has 188 valence electrons. The number of fused-ring (bicyclic) bond motifs is 1. The quantitative estimate of drug-likeness (QED) is 0.380. The predicted molar refractivity (Wildman–Crippen MR) is 143 cm³/mol. The van der Waals surface area contributed by atoms with Gasteiger partial charge in [0.15, 0.2) is 5.82 Å². The van der Waals surface area contributed by atoms with Crippen LogP contribution in [0.1, 0.15) is 43.6 Å². The summed E-state index contributed by atoms with van der Waals surface area (Å²) in [6.07, 6.45) is 6.71. The van der Waals surface area contributed by atoms with Gasteiger partial charge in [-0.25, -0.2) is 24.3 Å². The van der Waals surface area contributed by atoms with Gasteiger partial charge in [0, 0.05) is 32.2 Å². The number of aromatic nitrogens is 5. The molecule has 36 heavy (non-hydrogen) atoms. The van der Waals surface area contributed by atoms with Crippen LogP contribution in [0.25, 0.3) is 20.9 Å². The van der Waals surface area contributed by atoms with Crippen molar-refractivity contribution in [1.82, 2.24) is 29.4 Å². The Bertz CT molecular complexity index is 1380. The topological polar surface area (TPSA) is 75.0 Å². The van der Waals surface area contributed by atoms with Gasteiger partial charge >= 0.3 is 0 Å². The Labute approximate surface area is 214 Å². The van der Waals surface area contributed by atoms with E-state index in [9.17, 15) is 4.39 Å². The Morgan fingerprint density at radius 1 is 1.06 bits per heavy atom. The number of imidazole rings is 1. The van der Waals surface area contributed by atoms with Gasteiger partial charge in [0.1, 0.15) is 27.7 Å². The standard InChI is InChI=1S/C26H31FN8S/c1-4-33-10-12-34(13-11-33)19-8-9-21(28-14-19)31-26-29-15-20(27)23(32-26)24-16(2)22-25(36-24)35(17(3)30-22)18-6-5-7-18/h8-9,14-15,18H,4-7,10-13H2,1-3H3,(H,28,29,31,32). The molecule has 2 aliphatic rings. The van der Waals surface area contributed by atoms with Crippen molar-refractivity contribution in [3.8, 4) is 10.6 Å². The second-order valence-corrected chi connectivity index (χ2v) is 10.7. The first-order valence-corrected chi connectivity index (χ1v) is 13.5. The lowest BCUT2D eigenvalue weighted by Gasteiger charge is -2.35. The lowest BCUT2D eigenvalue weighted by Crippen LogP contribution is -2.46.